The number of aromatic hydroxyl groups is 2. The van der Waals surface area contributed by atoms with Gasteiger partial charge in [0, 0.05) is 69.6 Å². The maximum Gasteiger partial charge on any atom is 0.251 e. The number of amides is 2. The molecule has 0 saturated carbocycles. The van der Waals surface area contributed by atoms with Crippen LogP contribution in [0.3, 0.4) is 0 Å². The van der Waals surface area contributed by atoms with Gasteiger partial charge in [0.15, 0.2) is 25.0 Å². The molecule has 2 aliphatic heterocycles. The number of ether oxygens (including phenoxy) is 4. The minimum atomic E-state index is -0.483. The fourth-order valence-electron chi connectivity index (χ4n) is 8.17. The molecule has 3 aromatic heterocycles. The Kier molecular flexibility index (Phi) is 12.8. The van der Waals surface area contributed by atoms with Crippen molar-refractivity contribution in [2.24, 2.45) is 10.4 Å². The third-order valence-electron chi connectivity index (χ3n) is 11.4. The summed E-state index contributed by atoms with van der Waals surface area (Å²) in [7, 11) is 0. The summed E-state index contributed by atoms with van der Waals surface area (Å²) in [5, 5.41) is 33.8. The molecule has 2 aliphatic rings. The van der Waals surface area contributed by atoms with Gasteiger partial charge in [0.25, 0.3) is 11.8 Å². The minimum absolute atomic E-state index is 0.00691. The molecular formula is C49H39F2N7O10. The van der Waals surface area contributed by atoms with Gasteiger partial charge in [-0.3, -0.25) is 14.6 Å². The second-order valence-corrected chi connectivity index (χ2v) is 15.7. The zero-order valence-electron chi connectivity index (χ0n) is 35.8. The van der Waals surface area contributed by atoms with Crippen molar-refractivity contribution < 1.29 is 47.5 Å². The van der Waals surface area contributed by atoms with E-state index in [2.05, 4.69) is 26.0 Å². The van der Waals surface area contributed by atoms with Gasteiger partial charge in [0.05, 0.1) is 37.3 Å². The summed E-state index contributed by atoms with van der Waals surface area (Å²) in [5.74, 6) is -1.47. The van der Waals surface area contributed by atoms with E-state index in [0.29, 0.717) is 73.2 Å². The van der Waals surface area contributed by atoms with E-state index >= 15 is 0 Å². The normalized spacial score (nSPS) is 12.7. The van der Waals surface area contributed by atoms with Crippen molar-refractivity contribution in [1.29, 1.82) is 0 Å². The van der Waals surface area contributed by atoms with Crippen molar-refractivity contribution in [2.45, 2.75) is 39.4 Å². The number of benzene rings is 5. The average Bonchev–Trinajstić information content (AvgIpc) is 3.79. The van der Waals surface area contributed by atoms with Crippen molar-refractivity contribution in [1.82, 2.24) is 24.8 Å². The Hall–Kier alpha value is -8.55. The van der Waals surface area contributed by atoms with Gasteiger partial charge in [-0.2, -0.15) is 0 Å². The number of nitrogens with one attached hydrogen (secondary N) is 2. The molecule has 8 aromatic rings. The molecule has 0 atom stereocenters. The fourth-order valence-corrected chi connectivity index (χ4v) is 8.17. The molecule has 5 heterocycles. The van der Waals surface area contributed by atoms with E-state index in [1.54, 1.807) is 54.9 Å². The van der Waals surface area contributed by atoms with Gasteiger partial charge in [-0.05, 0) is 88.2 Å². The Labute approximate surface area is 384 Å². The number of rotatable bonds is 12. The van der Waals surface area contributed by atoms with E-state index in [-0.39, 0.29) is 81.4 Å². The summed E-state index contributed by atoms with van der Waals surface area (Å²) in [4.78, 5) is 52.5. The van der Waals surface area contributed by atoms with E-state index in [0.717, 1.165) is 11.1 Å². The SMILES string of the molecule is O=Nc1c(O)n(Cc2cc(F)cc3c2OCOC3)c2cc(C(=O)NCc3ccccc3)ccc12.O=Nc1c(O)n(Cc2cc(F)cc3c2OCOC3)c2cc(C(=O)NCc3cccnc3)ccc12. The fraction of sp³-hybridized carbons (Fsp3) is 0.163. The van der Waals surface area contributed by atoms with Crippen LogP contribution in [0.4, 0.5) is 20.2 Å². The van der Waals surface area contributed by atoms with E-state index in [1.807, 2.05) is 36.4 Å². The number of nitroso groups, excluding NO2 is 2. The first-order valence-electron chi connectivity index (χ1n) is 21.0. The number of carbonyl (C=O) groups is 2. The standard InChI is InChI=1S/C25H20FN3O5.C24H19FN4O5/c26-19-8-17(23-18(9-19)13-33-14-34-23)12-29-21-10-16(6-7-20(21)22(28-32)25(29)31)24(30)27-11-15-4-2-1-3-5-15;25-18-6-16(22-17(7-18)12-33-13-34-22)11-29-20-8-15(3-4-19(20)21(28-32)24(29)31)23(30)27-10-14-2-1-5-26-9-14/h1-10,31H,11-14H2,(H,27,30);1-9,31H,10-13H2,(H,27,30). The Morgan fingerprint density at radius 3 is 1.59 bits per heavy atom. The van der Waals surface area contributed by atoms with Gasteiger partial charge in [-0.1, -0.05) is 36.4 Å². The molecular weight excluding hydrogens is 885 g/mol. The van der Waals surface area contributed by atoms with E-state index in [1.165, 1.54) is 33.4 Å². The molecule has 0 fully saturated rings. The highest BCUT2D eigenvalue weighted by molar-refractivity contribution is 6.03. The van der Waals surface area contributed by atoms with Gasteiger partial charge in [0.1, 0.15) is 23.1 Å². The number of aromatic nitrogens is 3. The first-order chi connectivity index (χ1) is 33.1. The first-order valence-corrected chi connectivity index (χ1v) is 21.0. The van der Waals surface area contributed by atoms with E-state index in [4.69, 9.17) is 18.9 Å². The lowest BCUT2D eigenvalue weighted by Gasteiger charge is -2.21. The second kappa shape index (κ2) is 19.5. The molecule has 19 heteroatoms. The van der Waals surface area contributed by atoms with Crippen molar-refractivity contribution >= 4 is 45.0 Å². The van der Waals surface area contributed by atoms with Gasteiger partial charge < -0.3 is 48.9 Å². The maximum absolute atomic E-state index is 14.2. The van der Waals surface area contributed by atoms with Gasteiger partial charge in [-0.25, -0.2) is 8.78 Å². The Morgan fingerprint density at radius 2 is 1.12 bits per heavy atom. The van der Waals surface area contributed by atoms with Crippen LogP contribution in [0, 0.1) is 21.4 Å². The molecule has 68 heavy (non-hydrogen) atoms. The monoisotopic (exact) mass is 923 g/mol. The van der Waals surface area contributed by atoms with Crippen molar-refractivity contribution in [3.63, 3.8) is 0 Å². The van der Waals surface area contributed by atoms with Crippen LogP contribution < -0.4 is 20.1 Å². The van der Waals surface area contributed by atoms with Gasteiger partial charge in [0.2, 0.25) is 11.8 Å². The van der Waals surface area contributed by atoms with Crippen LogP contribution >= 0.6 is 0 Å². The summed E-state index contributed by atoms with van der Waals surface area (Å²) in [6, 6.07) is 27.7. The number of hydrogen-bond donors (Lipinski definition) is 4. The summed E-state index contributed by atoms with van der Waals surface area (Å²) in [6.45, 7) is 1.05. The second-order valence-electron chi connectivity index (χ2n) is 15.7. The molecule has 4 N–H and O–H groups in total. The van der Waals surface area contributed by atoms with Crippen LogP contribution in [0.5, 0.6) is 23.3 Å². The Bertz CT molecular complexity index is 3020. The molecule has 0 aliphatic carbocycles. The van der Waals surface area contributed by atoms with Gasteiger partial charge in [-0.15, -0.1) is 9.81 Å². The van der Waals surface area contributed by atoms with Crippen LogP contribution in [0.1, 0.15) is 54.1 Å². The summed E-state index contributed by atoms with van der Waals surface area (Å²) in [5.41, 5.74) is 4.94. The van der Waals surface area contributed by atoms with Crippen LogP contribution in [0.2, 0.25) is 0 Å². The molecule has 0 saturated heterocycles. The predicted molar refractivity (Wildman–Crippen MR) is 243 cm³/mol. The lowest BCUT2D eigenvalue weighted by Crippen LogP contribution is -2.22. The van der Waals surface area contributed by atoms with Crippen molar-refractivity contribution in [3.05, 3.63) is 181 Å². The first kappa shape index (κ1) is 44.6. The number of carbonyl (C=O) groups excluding carboxylic acids is 2. The Balaban J connectivity index is 0.000000170. The number of nitrogens with zero attached hydrogens (tertiary/aromatic N) is 5. The predicted octanol–water partition coefficient (Wildman–Crippen LogP) is 8.85. The molecule has 344 valence electrons. The van der Waals surface area contributed by atoms with Crippen LogP contribution in [0.25, 0.3) is 21.8 Å². The molecule has 0 bridgehead atoms. The summed E-state index contributed by atoms with van der Waals surface area (Å²) >= 11 is 0. The number of hydrogen-bond acceptors (Lipinski definition) is 13. The summed E-state index contributed by atoms with van der Waals surface area (Å²) < 4.78 is 52.9. The zero-order valence-corrected chi connectivity index (χ0v) is 35.8. The van der Waals surface area contributed by atoms with Crippen molar-refractivity contribution in [2.75, 3.05) is 13.6 Å². The lowest BCUT2D eigenvalue weighted by atomic mass is 10.1. The molecule has 2 amide bonds. The quantitative estimate of drug-likeness (QED) is 0.0849. The third kappa shape index (κ3) is 9.15. The van der Waals surface area contributed by atoms with Crippen LogP contribution in [-0.4, -0.2) is 49.7 Å². The van der Waals surface area contributed by atoms with Gasteiger partial charge >= 0.3 is 0 Å². The smallest absolute Gasteiger partial charge is 0.251 e. The molecule has 0 radical (unpaired) electrons. The van der Waals surface area contributed by atoms with E-state index in [9.17, 15) is 38.4 Å². The van der Waals surface area contributed by atoms with Crippen LogP contribution in [-0.2, 0) is 48.9 Å². The molecule has 0 spiro atoms. The number of halogens is 2. The molecule has 10 rings (SSSR count). The molecule has 5 aromatic carbocycles. The van der Waals surface area contributed by atoms with Crippen molar-refractivity contribution in [3.8, 4) is 23.3 Å². The van der Waals surface area contributed by atoms with E-state index < -0.39 is 11.6 Å². The summed E-state index contributed by atoms with van der Waals surface area (Å²) in [6.07, 6.45) is 3.30. The average molecular weight is 924 g/mol. The molecule has 17 nitrogen and oxygen atoms in total. The largest absolute Gasteiger partial charge is 0.493 e. The highest BCUT2D eigenvalue weighted by Gasteiger charge is 2.25. The highest BCUT2D eigenvalue weighted by Crippen LogP contribution is 2.42. The Morgan fingerprint density at radius 1 is 0.632 bits per heavy atom. The lowest BCUT2D eigenvalue weighted by molar-refractivity contribution is -0.0174. The van der Waals surface area contributed by atoms with Crippen LogP contribution in [0.15, 0.2) is 126 Å². The minimum Gasteiger partial charge on any atom is -0.493 e. The molecule has 0 unspecified atom stereocenters. The number of pyridine rings is 1. The number of fused-ring (bicyclic) bond motifs is 4. The third-order valence-corrected chi connectivity index (χ3v) is 11.4. The zero-order chi connectivity index (χ0) is 47.3. The topological polar surface area (TPSA) is 217 Å². The maximum atomic E-state index is 14.2. The highest BCUT2D eigenvalue weighted by atomic mass is 19.1.